The zero-order valence-corrected chi connectivity index (χ0v) is 12.5. The molecule has 0 saturated carbocycles. The van der Waals surface area contributed by atoms with Crippen molar-refractivity contribution in [3.8, 4) is 0 Å². The molecule has 0 aliphatic heterocycles. The minimum atomic E-state index is -4.41. The van der Waals surface area contributed by atoms with Crippen molar-refractivity contribution < 1.29 is 18.0 Å². The third-order valence-corrected chi connectivity index (χ3v) is 4.83. The number of carbonyl (C=O) groups is 1. The van der Waals surface area contributed by atoms with Gasteiger partial charge < -0.3 is 5.32 Å². The number of alkyl halides is 3. The molecule has 1 aliphatic rings. The Morgan fingerprint density at radius 1 is 1.18 bits per heavy atom. The summed E-state index contributed by atoms with van der Waals surface area (Å²) in [6.07, 6.45) is -0.401. The number of aryl methyl sites for hydroxylation is 1. The molecule has 3 rings (SSSR count). The Bertz CT molecular complexity index is 706. The average molecular weight is 325 g/mol. The number of hydrogen-bond acceptors (Lipinski definition) is 2. The zero-order valence-electron chi connectivity index (χ0n) is 11.7. The molecule has 2 nitrogen and oxygen atoms in total. The van der Waals surface area contributed by atoms with Gasteiger partial charge in [0.15, 0.2) is 0 Å². The minimum absolute atomic E-state index is 0.165. The van der Waals surface area contributed by atoms with Gasteiger partial charge in [0, 0.05) is 5.69 Å². The number of nitrogens with one attached hydrogen (secondary N) is 1. The fraction of sp³-hybridized carbons (Fsp3) is 0.312. The van der Waals surface area contributed by atoms with Crippen LogP contribution in [-0.4, -0.2) is 5.91 Å². The van der Waals surface area contributed by atoms with Crippen molar-refractivity contribution in [3.05, 3.63) is 51.2 Å². The van der Waals surface area contributed by atoms with Gasteiger partial charge in [0.25, 0.3) is 5.91 Å². The van der Waals surface area contributed by atoms with Crippen LogP contribution >= 0.6 is 11.3 Å². The number of halogens is 3. The number of carbonyl (C=O) groups excluding carboxylic acids is 1. The molecular formula is C16H14F3NOS. The fourth-order valence-corrected chi connectivity index (χ4v) is 3.72. The van der Waals surface area contributed by atoms with Gasteiger partial charge in [-0.3, -0.25) is 4.79 Å². The van der Waals surface area contributed by atoms with Gasteiger partial charge in [0.1, 0.15) is 0 Å². The number of fused-ring (bicyclic) bond motifs is 1. The van der Waals surface area contributed by atoms with Crippen LogP contribution in [0.25, 0.3) is 0 Å². The highest BCUT2D eigenvalue weighted by Gasteiger charge is 2.30. The molecular weight excluding hydrogens is 311 g/mol. The first-order valence-electron chi connectivity index (χ1n) is 7.03. The Morgan fingerprint density at radius 2 is 1.95 bits per heavy atom. The molecule has 0 bridgehead atoms. The lowest BCUT2D eigenvalue weighted by atomic mass is 9.94. The average Bonchev–Trinajstić information content (AvgIpc) is 2.90. The second-order valence-corrected chi connectivity index (χ2v) is 6.19. The van der Waals surface area contributed by atoms with Crippen molar-refractivity contribution >= 4 is 22.9 Å². The van der Waals surface area contributed by atoms with Crippen LogP contribution < -0.4 is 5.32 Å². The minimum Gasteiger partial charge on any atom is -0.321 e. The molecule has 0 saturated heterocycles. The predicted octanol–water partition coefficient (Wildman–Crippen LogP) is 4.90. The summed E-state index contributed by atoms with van der Waals surface area (Å²) in [5, 5.41) is 4.56. The fourth-order valence-electron chi connectivity index (χ4n) is 2.67. The van der Waals surface area contributed by atoms with Gasteiger partial charge in [0.2, 0.25) is 0 Å². The summed E-state index contributed by atoms with van der Waals surface area (Å²) in [4.78, 5) is 12.9. The maximum Gasteiger partial charge on any atom is 0.416 e. The third kappa shape index (κ3) is 3.02. The van der Waals surface area contributed by atoms with Crippen molar-refractivity contribution in [2.24, 2.45) is 0 Å². The number of hydrogen-bond donors (Lipinski definition) is 1. The van der Waals surface area contributed by atoms with Crippen molar-refractivity contribution in [1.82, 2.24) is 0 Å². The van der Waals surface area contributed by atoms with E-state index in [9.17, 15) is 18.0 Å². The summed E-state index contributed by atoms with van der Waals surface area (Å²) < 4.78 is 38.1. The molecule has 22 heavy (non-hydrogen) atoms. The van der Waals surface area contributed by atoms with E-state index in [2.05, 4.69) is 5.32 Å². The normalized spacial score (nSPS) is 14.5. The molecule has 0 radical (unpaired) electrons. The van der Waals surface area contributed by atoms with Crippen molar-refractivity contribution in [2.45, 2.75) is 31.9 Å². The standard InChI is InChI=1S/C16H14F3NOS/c17-16(18,19)11-5-3-6-12(8-11)20-15(21)14-13-7-2-1-4-10(13)9-22-14/h3,5-6,8-9H,1-2,4,7H2,(H,20,21). The Balaban J connectivity index is 1.82. The summed E-state index contributed by atoms with van der Waals surface area (Å²) in [6, 6.07) is 4.70. The topological polar surface area (TPSA) is 29.1 Å². The maximum atomic E-state index is 12.7. The Morgan fingerprint density at radius 3 is 2.73 bits per heavy atom. The molecule has 2 aromatic rings. The highest BCUT2D eigenvalue weighted by molar-refractivity contribution is 7.12. The van der Waals surface area contributed by atoms with E-state index in [1.807, 2.05) is 5.38 Å². The first-order valence-corrected chi connectivity index (χ1v) is 7.91. The van der Waals surface area contributed by atoms with Gasteiger partial charge in [-0.2, -0.15) is 13.2 Å². The Kier molecular flexibility index (Phi) is 3.95. The van der Waals surface area contributed by atoms with Crippen molar-refractivity contribution in [1.29, 1.82) is 0 Å². The van der Waals surface area contributed by atoms with Crippen LogP contribution in [-0.2, 0) is 19.0 Å². The molecule has 0 spiro atoms. The van der Waals surface area contributed by atoms with E-state index < -0.39 is 11.7 Å². The smallest absolute Gasteiger partial charge is 0.321 e. The molecule has 1 aromatic heterocycles. The summed E-state index contributed by atoms with van der Waals surface area (Å²) >= 11 is 1.37. The number of amides is 1. The summed E-state index contributed by atoms with van der Waals surface area (Å²) in [7, 11) is 0. The molecule has 116 valence electrons. The summed E-state index contributed by atoms with van der Waals surface area (Å²) in [5.41, 5.74) is 1.66. The molecule has 1 N–H and O–H groups in total. The van der Waals surface area contributed by atoms with Gasteiger partial charge in [0.05, 0.1) is 10.4 Å². The van der Waals surface area contributed by atoms with Crippen LogP contribution in [0, 0.1) is 0 Å². The van der Waals surface area contributed by atoms with E-state index in [1.165, 1.54) is 29.0 Å². The second kappa shape index (κ2) is 5.76. The Hall–Kier alpha value is -1.82. The van der Waals surface area contributed by atoms with Gasteiger partial charge in [-0.05, 0) is 60.4 Å². The van der Waals surface area contributed by atoms with E-state index >= 15 is 0 Å². The third-order valence-electron chi connectivity index (χ3n) is 3.76. The Labute approximate surface area is 130 Å². The van der Waals surface area contributed by atoms with E-state index in [0.717, 1.165) is 43.4 Å². The zero-order chi connectivity index (χ0) is 15.7. The van der Waals surface area contributed by atoms with Gasteiger partial charge in [-0.15, -0.1) is 11.3 Å². The maximum absolute atomic E-state index is 12.7. The van der Waals surface area contributed by atoms with Gasteiger partial charge in [-0.25, -0.2) is 0 Å². The summed E-state index contributed by atoms with van der Waals surface area (Å²) in [6.45, 7) is 0. The molecule has 1 aromatic carbocycles. The SMILES string of the molecule is O=C(Nc1cccc(C(F)(F)F)c1)c1scc2c1CCCC2. The molecule has 0 unspecified atom stereocenters. The molecule has 1 amide bonds. The number of rotatable bonds is 2. The van der Waals surface area contributed by atoms with Gasteiger partial charge in [-0.1, -0.05) is 6.07 Å². The van der Waals surface area contributed by atoms with Crippen molar-refractivity contribution in [3.63, 3.8) is 0 Å². The first-order chi connectivity index (χ1) is 10.4. The molecule has 0 fully saturated rings. The lowest BCUT2D eigenvalue weighted by molar-refractivity contribution is -0.137. The van der Waals surface area contributed by atoms with Crippen LogP contribution in [0.4, 0.5) is 18.9 Å². The molecule has 6 heteroatoms. The highest BCUT2D eigenvalue weighted by atomic mass is 32.1. The van der Waals surface area contributed by atoms with E-state index in [0.29, 0.717) is 4.88 Å². The lowest BCUT2D eigenvalue weighted by Crippen LogP contribution is -2.14. The van der Waals surface area contributed by atoms with Crippen LogP contribution in [0.5, 0.6) is 0 Å². The highest BCUT2D eigenvalue weighted by Crippen LogP contribution is 2.32. The van der Waals surface area contributed by atoms with Crippen molar-refractivity contribution in [2.75, 3.05) is 5.32 Å². The second-order valence-electron chi connectivity index (χ2n) is 5.31. The van der Waals surface area contributed by atoms with E-state index in [4.69, 9.17) is 0 Å². The van der Waals surface area contributed by atoms with Crippen LogP contribution in [0.3, 0.4) is 0 Å². The number of benzene rings is 1. The largest absolute Gasteiger partial charge is 0.416 e. The van der Waals surface area contributed by atoms with Crippen LogP contribution in [0.2, 0.25) is 0 Å². The molecule has 1 aliphatic carbocycles. The summed E-state index contributed by atoms with van der Waals surface area (Å²) in [5.74, 6) is -0.326. The first kappa shape index (κ1) is 15.1. The van der Waals surface area contributed by atoms with E-state index in [1.54, 1.807) is 0 Å². The predicted molar refractivity (Wildman–Crippen MR) is 80.4 cm³/mol. The number of thiophene rings is 1. The molecule has 1 heterocycles. The lowest BCUT2D eigenvalue weighted by Gasteiger charge is -2.13. The monoisotopic (exact) mass is 325 g/mol. The number of anilines is 1. The molecule has 0 atom stereocenters. The van der Waals surface area contributed by atoms with Crippen LogP contribution in [0.1, 0.15) is 39.2 Å². The van der Waals surface area contributed by atoms with Gasteiger partial charge >= 0.3 is 6.18 Å². The van der Waals surface area contributed by atoms with E-state index in [-0.39, 0.29) is 11.6 Å². The quantitative estimate of drug-likeness (QED) is 0.836. The van der Waals surface area contributed by atoms with Crippen LogP contribution in [0.15, 0.2) is 29.6 Å².